The van der Waals surface area contributed by atoms with E-state index in [-0.39, 0.29) is 5.56 Å². The zero-order valence-electron chi connectivity index (χ0n) is 10.6. The number of rotatable bonds is 2. The molecule has 0 radical (unpaired) electrons. The molecule has 3 nitrogen and oxygen atoms in total. The Bertz CT molecular complexity index is 810. The van der Waals surface area contributed by atoms with Crippen LogP contribution in [0.4, 0.5) is 0 Å². The van der Waals surface area contributed by atoms with Gasteiger partial charge >= 0.3 is 0 Å². The average Bonchev–Trinajstić information content (AvgIpc) is 2.93. The molecule has 0 aliphatic rings. The van der Waals surface area contributed by atoms with Crippen LogP contribution in [0.3, 0.4) is 0 Å². The van der Waals surface area contributed by atoms with Crippen LogP contribution < -0.4 is 5.56 Å². The first kappa shape index (κ1) is 11.5. The maximum absolute atomic E-state index is 12.0. The number of benzene rings is 1. The van der Waals surface area contributed by atoms with Crippen LogP contribution in [0.25, 0.3) is 16.5 Å². The minimum atomic E-state index is -0.0617. The van der Waals surface area contributed by atoms with Gasteiger partial charge in [0.25, 0.3) is 5.56 Å². The van der Waals surface area contributed by atoms with Gasteiger partial charge in [0.05, 0.1) is 11.6 Å². The lowest BCUT2D eigenvalue weighted by Gasteiger charge is -2.08. The third-order valence-corrected chi connectivity index (χ3v) is 3.23. The fourth-order valence-electron chi connectivity index (χ4n) is 2.20. The van der Waals surface area contributed by atoms with Crippen molar-refractivity contribution in [3.05, 3.63) is 76.9 Å². The highest BCUT2D eigenvalue weighted by Crippen LogP contribution is 2.27. The van der Waals surface area contributed by atoms with Crippen LogP contribution in [-0.2, 0) is 7.05 Å². The minimum Gasteiger partial charge on any atom is -0.463 e. The van der Waals surface area contributed by atoms with E-state index in [0.29, 0.717) is 11.0 Å². The molecule has 0 bridgehead atoms. The van der Waals surface area contributed by atoms with E-state index < -0.39 is 0 Å². The molecule has 0 unspecified atom stereocenters. The Labute approximate surface area is 110 Å². The molecule has 0 amide bonds. The third kappa shape index (κ3) is 1.80. The maximum atomic E-state index is 12.0. The number of hydrogen-bond donors (Lipinski definition) is 0. The third-order valence-electron chi connectivity index (χ3n) is 3.23. The second-order valence-corrected chi connectivity index (χ2v) is 4.47. The Morgan fingerprint density at radius 3 is 2.68 bits per heavy atom. The quantitative estimate of drug-likeness (QED) is 0.701. The highest BCUT2D eigenvalue weighted by Gasteiger charge is 2.13. The van der Waals surface area contributed by atoms with Gasteiger partial charge in [-0.15, -0.1) is 0 Å². The fourth-order valence-corrected chi connectivity index (χ4v) is 2.20. The van der Waals surface area contributed by atoms with Crippen molar-refractivity contribution in [3.8, 4) is 0 Å². The Morgan fingerprint density at radius 1 is 1.21 bits per heavy atom. The first-order valence-electron chi connectivity index (χ1n) is 6.00. The van der Waals surface area contributed by atoms with E-state index in [4.69, 9.17) is 4.42 Å². The summed E-state index contributed by atoms with van der Waals surface area (Å²) in [6, 6.07) is 11.5. The van der Waals surface area contributed by atoms with Crippen LogP contribution in [0.5, 0.6) is 0 Å². The first-order chi connectivity index (χ1) is 9.18. The standard InChI is InChI=1S/C16H13NO2/c1-11(12-6-4-3-5-7-12)14-10-17(2)16(18)13-8-9-19-15(13)14/h3-10H,1H2,2H3. The van der Waals surface area contributed by atoms with Crippen molar-refractivity contribution in [1.82, 2.24) is 4.57 Å². The van der Waals surface area contributed by atoms with E-state index >= 15 is 0 Å². The molecule has 0 aliphatic heterocycles. The molecule has 2 aromatic heterocycles. The summed E-state index contributed by atoms with van der Waals surface area (Å²) >= 11 is 0. The number of nitrogens with zero attached hydrogens (tertiary/aromatic N) is 1. The molecule has 94 valence electrons. The summed E-state index contributed by atoms with van der Waals surface area (Å²) in [5.74, 6) is 0. The second kappa shape index (κ2) is 4.28. The largest absolute Gasteiger partial charge is 0.463 e. The summed E-state index contributed by atoms with van der Waals surface area (Å²) in [5.41, 5.74) is 3.23. The van der Waals surface area contributed by atoms with Crippen LogP contribution in [0.2, 0.25) is 0 Å². The normalized spacial score (nSPS) is 10.8. The first-order valence-corrected chi connectivity index (χ1v) is 6.00. The lowest BCUT2D eigenvalue weighted by atomic mass is 10.00. The molecule has 0 saturated carbocycles. The minimum absolute atomic E-state index is 0.0617. The maximum Gasteiger partial charge on any atom is 0.261 e. The lowest BCUT2D eigenvalue weighted by molar-refractivity contribution is 0.613. The monoisotopic (exact) mass is 251 g/mol. The van der Waals surface area contributed by atoms with Gasteiger partial charge in [0.15, 0.2) is 0 Å². The van der Waals surface area contributed by atoms with Gasteiger partial charge in [-0.3, -0.25) is 4.79 Å². The van der Waals surface area contributed by atoms with Crippen LogP contribution in [0, 0.1) is 0 Å². The molecular weight excluding hydrogens is 238 g/mol. The molecule has 2 heterocycles. The summed E-state index contributed by atoms with van der Waals surface area (Å²) in [6.07, 6.45) is 3.30. The lowest BCUT2D eigenvalue weighted by Crippen LogP contribution is -2.16. The number of aromatic nitrogens is 1. The van der Waals surface area contributed by atoms with Gasteiger partial charge in [-0.1, -0.05) is 36.9 Å². The summed E-state index contributed by atoms with van der Waals surface area (Å²) < 4.78 is 7.01. The molecule has 0 saturated heterocycles. The number of pyridine rings is 1. The van der Waals surface area contributed by atoms with Crippen molar-refractivity contribution in [3.63, 3.8) is 0 Å². The Morgan fingerprint density at radius 2 is 1.95 bits per heavy atom. The van der Waals surface area contributed by atoms with Crippen molar-refractivity contribution in [2.45, 2.75) is 0 Å². The van der Waals surface area contributed by atoms with Gasteiger partial charge in [0, 0.05) is 18.8 Å². The highest BCUT2D eigenvalue weighted by molar-refractivity contribution is 5.92. The van der Waals surface area contributed by atoms with Crippen molar-refractivity contribution < 1.29 is 4.42 Å². The molecule has 3 aromatic rings. The molecule has 19 heavy (non-hydrogen) atoms. The van der Waals surface area contributed by atoms with Gasteiger partial charge < -0.3 is 8.98 Å². The van der Waals surface area contributed by atoms with E-state index in [1.165, 1.54) is 6.26 Å². The predicted octanol–water partition coefficient (Wildman–Crippen LogP) is 3.19. The summed E-state index contributed by atoms with van der Waals surface area (Å²) in [4.78, 5) is 12.0. The second-order valence-electron chi connectivity index (χ2n) is 4.47. The SMILES string of the molecule is C=C(c1ccccc1)c1cn(C)c(=O)c2ccoc12. The average molecular weight is 251 g/mol. The van der Waals surface area contributed by atoms with Crippen LogP contribution in [0.15, 0.2) is 64.6 Å². The Kier molecular flexibility index (Phi) is 2.60. The van der Waals surface area contributed by atoms with Crippen molar-refractivity contribution in [1.29, 1.82) is 0 Å². The number of hydrogen-bond acceptors (Lipinski definition) is 2. The van der Waals surface area contributed by atoms with Gasteiger partial charge in [-0.2, -0.15) is 0 Å². The van der Waals surface area contributed by atoms with Gasteiger partial charge in [-0.05, 0) is 17.2 Å². The molecule has 0 atom stereocenters. The molecule has 1 aromatic carbocycles. The van der Waals surface area contributed by atoms with Gasteiger partial charge in [-0.25, -0.2) is 0 Å². The predicted molar refractivity (Wildman–Crippen MR) is 76.0 cm³/mol. The zero-order chi connectivity index (χ0) is 13.4. The fraction of sp³-hybridized carbons (Fsp3) is 0.0625. The van der Waals surface area contributed by atoms with E-state index in [1.54, 1.807) is 23.9 Å². The number of furan rings is 1. The Balaban J connectivity index is 2.27. The highest BCUT2D eigenvalue weighted by atomic mass is 16.3. The molecule has 0 spiro atoms. The van der Waals surface area contributed by atoms with E-state index in [9.17, 15) is 4.79 Å². The number of fused-ring (bicyclic) bond motifs is 1. The molecule has 3 rings (SSSR count). The van der Waals surface area contributed by atoms with Crippen molar-refractivity contribution >= 4 is 16.5 Å². The molecule has 0 N–H and O–H groups in total. The van der Waals surface area contributed by atoms with E-state index in [1.807, 2.05) is 30.3 Å². The van der Waals surface area contributed by atoms with E-state index in [0.717, 1.165) is 16.7 Å². The van der Waals surface area contributed by atoms with Crippen molar-refractivity contribution in [2.75, 3.05) is 0 Å². The van der Waals surface area contributed by atoms with Crippen LogP contribution in [0.1, 0.15) is 11.1 Å². The molecule has 0 aliphatic carbocycles. The molecule has 3 heteroatoms. The topological polar surface area (TPSA) is 35.1 Å². The summed E-state index contributed by atoms with van der Waals surface area (Å²) in [7, 11) is 1.73. The van der Waals surface area contributed by atoms with Crippen LogP contribution in [-0.4, -0.2) is 4.57 Å². The van der Waals surface area contributed by atoms with Gasteiger partial charge in [0.1, 0.15) is 5.58 Å². The smallest absolute Gasteiger partial charge is 0.261 e. The van der Waals surface area contributed by atoms with E-state index in [2.05, 4.69) is 6.58 Å². The Hall–Kier alpha value is -2.55. The van der Waals surface area contributed by atoms with Gasteiger partial charge in [0.2, 0.25) is 0 Å². The van der Waals surface area contributed by atoms with Crippen LogP contribution >= 0.6 is 0 Å². The summed E-state index contributed by atoms with van der Waals surface area (Å²) in [6.45, 7) is 4.12. The summed E-state index contributed by atoms with van der Waals surface area (Å²) in [5, 5.41) is 0.581. The zero-order valence-corrected chi connectivity index (χ0v) is 10.6. The number of aryl methyl sites for hydroxylation is 1. The van der Waals surface area contributed by atoms with Crippen molar-refractivity contribution in [2.24, 2.45) is 7.05 Å². The molecular formula is C16H13NO2. The molecule has 0 fully saturated rings.